The summed E-state index contributed by atoms with van der Waals surface area (Å²) in [6.07, 6.45) is 2.83. The molecule has 2 aliphatic rings. The van der Waals surface area contributed by atoms with Gasteiger partial charge < -0.3 is 15.4 Å². The number of anilines is 1. The highest BCUT2D eigenvalue weighted by molar-refractivity contribution is 8.00. The molecule has 6 heteroatoms. The van der Waals surface area contributed by atoms with Gasteiger partial charge in [-0.1, -0.05) is 36.2 Å². The van der Waals surface area contributed by atoms with E-state index < -0.39 is 0 Å². The Morgan fingerprint density at radius 1 is 1.32 bits per heavy atom. The molecule has 0 aromatic heterocycles. The number of fused-ring (bicyclic) bond motifs is 1. The van der Waals surface area contributed by atoms with E-state index in [2.05, 4.69) is 46.9 Å². The largest absolute Gasteiger partial charge is 0.354 e. The smallest absolute Gasteiger partial charge is 0.226 e. The Bertz CT molecular complexity index is 895. The molecule has 3 N–H and O–H groups in total. The van der Waals surface area contributed by atoms with Crippen LogP contribution in [0.5, 0.6) is 0 Å². The van der Waals surface area contributed by atoms with E-state index in [0.29, 0.717) is 13.1 Å². The van der Waals surface area contributed by atoms with Crippen LogP contribution in [0.2, 0.25) is 5.02 Å². The zero-order chi connectivity index (χ0) is 19.9. The maximum atomic E-state index is 12.4. The first-order chi connectivity index (χ1) is 13.4. The number of amides is 1. The lowest BCUT2D eigenvalue weighted by Gasteiger charge is -2.27. The fourth-order valence-corrected chi connectivity index (χ4v) is 4.85. The molecule has 1 aliphatic carbocycles. The van der Waals surface area contributed by atoms with Crippen LogP contribution in [0.25, 0.3) is 0 Å². The topological polar surface area (TPSA) is 58.4 Å². The van der Waals surface area contributed by atoms with Gasteiger partial charge in [-0.3, -0.25) is 4.79 Å². The highest BCUT2D eigenvalue weighted by atomic mass is 35.5. The number of nitrogens with two attached hydrogens (primary N) is 1. The van der Waals surface area contributed by atoms with Crippen LogP contribution in [0.4, 0.5) is 5.69 Å². The number of nitrogens with one attached hydrogen (secondary N) is 1. The van der Waals surface area contributed by atoms with Crippen molar-refractivity contribution in [2.45, 2.75) is 50.6 Å². The molecule has 1 atom stereocenters. The van der Waals surface area contributed by atoms with Crippen molar-refractivity contribution in [1.29, 1.82) is 0 Å². The molecule has 0 radical (unpaired) electrons. The van der Waals surface area contributed by atoms with Gasteiger partial charge in [0.2, 0.25) is 5.91 Å². The predicted octanol–water partition coefficient (Wildman–Crippen LogP) is 4.46. The number of benzene rings is 2. The van der Waals surface area contributed by atoms with E-state index in [1.54, 1.807) is 11.9 Å². The molecule has 1 fully saturated rings. The Kier molecular flexibility index (Phi) is 5.34. The first-order valence-electron chi connectivity index (χ1n) is 9.73. The Balaban J connectivity index is 1.58. The maximum absolute atomic E-state index is 12.4. The van der Waals surface area contributed by atoms with Gasteiger partial charge in [-0.15, -0.1) is 0 Å². The van der Waals surface area contributed by atoms with Crippen molar-refractivity contribution in [3.63, 3.8) is 0 Å². The van der Waals surface area contributed by atoms with Crippen LogP contribution < -0.4 is 15.4 Å². The van der Waals surface area contributed by atoms with E-state index in [4.69, 9.17) is 17.3 Å². The van der Waals surface area contributed by atoms with Crippen LogP contribution in [-0.2, 0) is 17.8 Å². The summed E-state index contributed by atoms with van der Waals surface area (Å²) in [6, 6.07) is 12.8. The van der Waals surface area contributed by atoms with Crippen LogP contribution in [0, 0.1) is 12.3 Å². The fourth-order valence-electron chi connectivity index (χ4n) is 3.53. The Hall–Kier alpha value is -1.69. The molecule has 4 rings (SSSR count). The van der Waals surface area contributed by atoms with Gasteiger partial charge in [-0.05, 0) is 73.5 Å². The zero-order valence-corrected chi connectivity index (χ0v) is 17.9. The van der Waals surface area contributed by atoms with Gasteiger partial charge in [0, 0.05) is 28.4 Å². The first kappa shape index (κ1) is 19.6. The van der Waals surface area contributed by atoms with Gasteiger partial charge in [0.25, 0.3) is 0 Å². The lowest BCUT2D eigenvalue weighted by Crippen LogP contribution is -2.41. The second kappa shape index (κ2) is 7.62. The predicted molar refractivity (Wildman–Crippen MR) is 117 cm³/mol. The molecule has 1 unspecified atom stereocenters. The second-order valence-electron chi connectivity index (χ2n) is 8.14. The van der Waals surface area contributed by atoms with Gasteiger partial charge in [0.1, 0.15) is 0 Å². The van der Waals surface area contributed by atoms with Gasteiger partial charge in [0.15, 0.2) is 0 Å². The van der Waals surface area contributed by atoms with Crippen LogP contribution in [0.3, 0.4) is 0 Å². The number of nitrogens with zero attached hydrogens (tertiary/aromatic N) is 1. The van der Waals surface area contributed by atoms with Gasteiger partial charge >= 0.3 is 0 Å². The quantitative estimate of drug-likeness (QED) is 0.684. The average molecular weight is 416 g/mol. The lowest BCUT2D eigenvalue weighted by molar-refractivity contribution is -0.125. The van der Waals surface area contributed by atoms with Crippen molar-refractivity contribution in [2.24, 2.45) is 11.1 Å². The van der Waals surface area contributed by atoms with Crippen molar-refractivity contribution in [3.05, 3.63) is 58.1 Å². The molecule has 0 bridgehead atoms. The normalized spacial score (nSPS) is 19.4. The molecule has 4 nitrogen and oxygen atoms in total. The monoisotopic (exact) mass is 415 g/mol. The number of hydrogen-bond donors (Lipinski definition) is 2. The van der Waals surface area contributed by atoms with E-state index in [9.17, 15) is 4.79 Å². The molecule has 2 aromatic carbocycles. The summed E-state index contributed by atoms with van der Waals surface area (Å²) in [5.41, 5.74) is 10.3. The number of aryl methyl sites for hydroxylation is 1. The van der Waals surface area contributed by atoms with Crippen LogP contribution >= 0.6 is 23.5 Å². The van der Waals surface area contributed by atoms with Crippen molar-refractivity contribution in [1.82, 2.24) is 5.32 Å². The van der Waals surface area contributed by atoms with Crippen molar-refractivity contribution >= 4 is 35.1 Å². The van der Waals surface area contributed by atoms with E-state index in [-0.39, 0.29) is 17.4 Å². The summed E-state index contributed by atoms with van der Waals surface area (Å²) >= 11 is 8.11. The molecule has 0 saturated heterocycles. The summed E-state index contributed by atoms with van der Waals surface area (Å²) in [5.74, 6) is 0.171. The molecular formula is C22H26ClN3OS. The van der Waals surface area contributed by atoms with Gasteiger partial charge in [-0.25, -0.2) is 0 Å². The van der Waals surface area contributed by atoms with Crippen LogP contribution in [-0.4, -0.2) is 18.5 Å². The minimum Gasteiger partial charge on any atom is -0.354 e. The summed E-state index contributed by atoms with van der Waals surface area (Å²) < 4.78 is 2.31. The number of carbonyl (C=O) groups is 1. The fraction of sp³-hybridized carbons (Fsp3) is 0.409. The van der Waals surface area contributed by atoms with Gasteiger partial charge in [-0.2, -0.15) is 0 Å². The Labute approximate surface area is 175 Å². The van der Waals surface area contributed by atoms with Crippen LogP contribution in [0.1, 0.15) is 36.5 Å². The summed E-state index contributed by atoms with van der Waals surface area (Å²) in [6.45, 7) is 5.16. The minimum atomic E-state index is -0.156. The summed E-state index contributed by atoms with van der Waals surface area (Å²) in [5, 5.41) is 3.90. The highest BCUT2D eigenvalue weighted by Crippen LogP contribution is 2.45. The summed E-state index contributed by atoms with van der Waals surface area (Å²) in [7, 11) is 0. The molecule has 1 saturated carbocycles. The number of hydrogen-bond acceptors (Lipinski definition) is 4. The molecule has 1 heterocycles. The van der Waals surface area contributed by atoms with E-state index in [1.807, 2.05) is 13.0 Å². The number of halogens is 1. The van der Waals surface area contributed by atoms with E-state index in [0.717, 1.165) is 35.5 Å². The molecule has 1 amide bonds. The van der Waals surface area contributed by atoms with Crippen molar-refractivity contribution in [3.8, 4) is 0 Å². The molecular weight excluding hydrogens is 390 g/mol. The van der Waals surface area contributed by atoms with Crippen molar-refractivity contribution in [2.75, 3.05) is 10.8 Å². The minimum absolute atomic E-state index is 0.156. The third kappa shape index (κ3) is 3.88. The van der Waals surface area contributed by atoms with Gasteiger partial charge in [0.05, 0.1) is 11.7 Å². The third-order valence-electron chi connectivity index (χ3n) is 5.76. The molecule has 148 valence electrons. The van der Waals surface area contributed by atoms with E-state index >= 15 is 0 Å². The average Bonchev–Trinajstić information content (AvgIpc) is 3.35. The molecule has 28 heavy (non-hydrogen) atoms. The summed E-state index contributed by atoms with van der Waals surface area (Å²) in [4.78, 5) is 13.6. The third-order valence-corrected chi connectivity index (χ3v) is 7.29. The number of rotatable bonds is 6. The zero-order valence-electron chi connectivity index (χ0n) is 16.3. The number of carbonyl (C=O) groups excluding carboxylic acids is 1. The molecule has 0 spiro atoms. The maximum Gasteiger partial charge on any atom is 0.226 e. The second-order valence-corrected chi connectivity index (χ2v) is 9.59. The van der Waals surface area contributed by atoms with Crippen LogP contribution in [0.15, 0.2) is 41.3 Å². The Morgan fingerprint density at radius 2 is 2.04 bits per heavy atom. The van der Waals surface area contributed by atoms with Crippen molar-refractivity contribution < 1.29 is 4.79 Å². The highest BCUT2D eigenvalue weighted by Gasteiger charge is 2.45. The van der Waals surface area contributed by atoms with E-state index in [1.165, 1.54) is 16.0 Å². The first-order valence-corrected chi connectivity index (χ1v) is 10.9. The molecule has 1 aliphatic heterocycles. The molecule has 2 aromatic rings. The SMILES string of the molecule is Cc1ccc(SN2c3cc(CN)c(Cl)cc3CC2CNC(=O)C2(C)CC2)cc1. The standard InChI is InChI=1S/C22H26ClN3OS/c1-14-3-5-18(6-4-14)28-26-17(13-25-21(27)22(2)7-8-22)9-15-10-19(23)16(12-24)11-20(15)26/h3-6,10-11,17H,7-9,12-13,24H2,1-2H3,(H,25,27). The lowest BCUT2D eigenvalue weighted by atomic mass is 10.1. The Morgan fingerprint density at radius 3 is 2.68 bits per heavy atom.